The molecule has 0 radical (unpaired) electrons. The van der Waals surface area contributed by atoms with Gasteiger partial charge in [-0.2, -0.15) is 5.10 Å². The van der Waals surface area contributed by atoms with E-state index >= 15 is 0 Å². The minimum absolute atomic E-state index is 0.140. The molecule has 0 fully saturated rings. The van der Waals surface area contributed by atoms with Gasteiger partial charge in [0.1, 0.15) is 11.6 Å². The second kappa shape index (κ2) is 7.91. The van der Waals surface area contributed by atoms with Crippen molar-refractivity contribution in [3.63, 3.8) is 0 Å². The predicted molar refractivity (Wildman–Crippen MR) is 134 cm³/mol. The van der Waals surface area contributed by atoms with Crippen molar-refractivity contribution < 1.29 is 9.50 Å². The molecule has 5 heterocycles. The van der Waals surface area contributed by atoms with E-state index in [4.69, 9.17) is 0 Å². The summed E-state index contributed by atoms with van der Waals surface area (Å²) in [6, 6.07) is 10.0. The van der Waals surface area contributed by atoms with Crippen LogP contribution in [-0.2, 0) is 0 Å². The molecule has 0 saturated heterocycles. The van der Waals surface area contributed by atoms with E-state index in [0.717, 1.165) is 50.6 Å². The number of nitrogens with one attached hydrogen (secondary N) is 2. The molecule has 0 aliphatic rings. The highest BCUT2D eigenvalue weighted by Crippen LogP contribution is 2.35. The third-order valence-electron chi connectivity index (χ3n) is 5.99. The standard InChI is InChI=1S/C26H20FN7O/c1-34(2)18-4-15(9-28-11-18)16-6-21-25(32-33-26(21)30-10-16)23-8-20-22(12-29-13-24(20)31-23)14-3-17(27)7-19(35)5-14/h3-13,31,35H,1-2H3,(H,30,32,33). The second-order valence-corrected chi connectivity index (χ2v) is 8.55. The zero-order valence-corrected chi connectivity index (χ0v) is 18.9. The van der Waals surface area contributed by atoms with Crippen LogP contribution in [0.2, 0.25) is 0 Å². The highest BCUT2D eigenvalue weighted by Gasteiger charge is 2.16. The van der Waals surface area contributed by atoms with Crippen molar-refractivity contribution in [2.45, 2.75) is 0 Å². The fourth-order valence-corrected chi connectivity index (χ4v) is 4.24. The fraction of sp³-hybridized carbons (Fsp3) is 0.0769. The van der Waals surface area contributed by atoms with E-state index in [1.807, 2.05) is 43.5 Å². The Morgan fingerprint density at radius 2 is 1.66 bits per heavy atom. The molecule has 0 bridgehead atoms. The van der Waals surface area contributed by atoms with Gasteiger partial charge in [-0.25, -0.2) is 9.37 Å². The summed E-state index contributed by atoms with van der Waals surface area (Å²) in [5, 5.41) is 19.0. The molecule has 0 saturated carbocycles. The van der Waals surface area contributed by atoms with Crippen molar-refractivity contribution in [3.05, 3.63) is 73.2 Å². The van der Waals surface area contributed by atoms with Crippen LogP contribution in [0.5, 0.6) is 5.75 Å². The lowest BCUT2D eigenvalue weighted by molar-refractivity contribution is 0.469. The van der Waals surface area contributed by atoms with Crippen molar-refractivity contribution >= 4 is 27.6 Å². The van der Waals surface area contributed by atoms with Crippen LogP contribution in [0.25, 0.3) is 55.6 Å². The average Bonchev–Trinajstić information content (AvgIpc) is 3.47. The van der Waals surface area contributed by atoms with Crippen molar-refractivity contribution in [2.75, 3.05) is 19.0 Å². The molecule has 0 aliphatic carbocycles. The van der Waals surface area contributed by atoms with E-state index in [1.54, 1.807) is 18.6 Å². The van der Waals surface area contributed by atoms with Crippen LogP contribution in [-0.4, -0.2) is 49.3 Å². The Morgan fingerprint density at radius 3 is 2.49 bits per heavy atom. The molecule has 9 heteroatoms. The molecule has 0 spiro atoms. The van der Waals surface area contributed by atoms with Crippen molar-refractivity contribution in [2.24, 2.45) is 0 Å². The summed E-state index contributed by atoms with van der Waals surface area (Å²) in [4.78, 5) is 18.6. The Morgan fingerprint density at radius 1 is 0.829 bits per heavy atom. The quantitative estimate of drug-likeness (QED) is 0.333. The molecule has 1 aromatic carbocycles. The monoisotopic (exact) mass is 465 g/mol. The number of anilines is 1. The Bertz CT molecular complexity index is 1700. The molecule has 0 atom stereocenters. The van der Waals surface area contributed by atoms with Crippen LogP contribution in [0, 0.1) is 5.82 Å². The van der Waals surface area contributed by atoms with Gasteiger partial charge in [0.25, 0.3) is 0 Å². The number of aromatic amines is 2. The predicted octanol–water partition coefficient (Wildman–Crippen LogP) is 5.14. The highest BCUT2D eigenvalue weighted by atomic mass is 19.1. The molecule has 0 amide bonds. The Labute approximate surface area is 199 Å². The Kier molecular flexibility index (Phi) is 4.70. The lowest BCUT2D eigenvalue weighted by Crippen LogP contribution is -2.08. The molecule has 6 aromatic rings. The van der Waals surface area contributed by atoms with Crippen LogP contribution < -0.4 is 4.90 Å². The van der Waals surface area contributed by atoms with Gasteiger partial charge in [0.2, 0.25) is 0 Å². The summed E-state index contributed by atoms with van der Waals surface area (Å²) in [6.07, 6.45) is 8.77. The summed E-state index contributed by atoms with van der Waals surface area (Å²) < 4.78 is 13.9. The number of hydrogen-bond donors (Lipinski definition) is 3. The van der Waals surface area contributed by atoms with E-state index in [-0.39, 0.29) is 5.75 Å². The zero-order valence-electron chi connectivity index (χ0n) is 18.9. The number of phenolic OH excluding ortho intramolecular Hbond substituents is 1. The second-order valence-electron chi connectivity index (χ2n) is 8.55. The largest absolute Gasteiger partial charge is 0.508 e. The first-order chi connectivity index (χ1) is 17.0. The number of halogens is 1. The maximum Gasteiger partial charge on any atom is 0.181 e. The lowest BCUT2D eigenvalue weighted by atomic mass is 10.0. The van der Waals surface area contributed by atoms with Gasteiger partial charge in [0.15, 0.2) is 5.65 Å². The molecule has 172 valence electrons. The number of benzene rings is 1. The lowest BCUT2D eigenvalue weighted by Gasteiger charge is -2.12. The number of pyridine rings is 3. The van der Waals surface area contributed by atoms with Gasteiger partial charge in [-0.1, -0.05) is 0 Å². The molecule has 0 aliphatic heterocycles. The summed E-state index contributed by atoms with van der Waals surface area (Å²) in [5.74, 6) is -0.655. The van der Waals surface area contributed by atoms with Crippen molar-refractivity contribution in [3.8, 4) is 39.4 Å². The van der Waals surface area contributed by atoms with Crippen molar-refractivity contribution in [1.29, 1.82) is 0 Å². The van der Waals surface area contributed by atoms with E-state index in [2.05, 4.69) is 36.2 Å². The maximum atomic E-state index is 13.9. The minimum atomic E-state index is -0.515. The van der Waals surface area contributed by atoms with Gasteiger partial charge in [-0.05, 0) is 35.9 Å². The smallest absolute Gasteiger partial charge is 0.181 e. The maximum absolute atomic E-state index is 13.9. The van der Waals surface area contributed by atoms with Crippen LogP contribution in [0.15, 0.2) is 67.4 Å². The normalized spacial score (nSPS) is 11.4. The number of phenols is 1. The molecule has 5 aromatic heterocycles. The van der Waals surface area contributed by atoms with Crippen LogP contribution in [0.1, 0.15) is 0 Å². The summed E-state index contributed by atoms with van der Waals surface area (Å²) >= 11 is 0. The molecular weight excluding hydrogens is 445 g/mol. The first-order valence-corrected chi connectivity index (χ1v) is 10.9. The van der Waals surface area contributed by atoms with Gasteiger partial charge >= 0.3 is 0 Å². The Balaban J connectivity index is 1.48. The van der Waals surface area contributed by atoms with Gasteiger partial charge in [0, 0.05) is 66.2 Å². The van der Waals surface area contributed by atoms with Gasteiger partial charge in [0.05, 0.1) is 35.0 Å². The zero-order chi connectivity index (χ0) is 24.1. The number of fused-ring (bicyclic) bond motifs is 2. The van der Waals surface area contributed by atoms with E-state index in [1.165, 1.54) is 12.1 Å². The summed E-state index contributed by atoms with van der Waals surface area (Å²) in [5.41, 5.74) is 7.04. The third-order valence-corrected chi connectivity index (χ3v) is 5.99. The number of nitrogens with zero attached hydrogens (tertiary/aromatic N) is 5. The molecule has 6 rings (SSSR count). The van der Waals surface area contributed by atoms with Gasteiger partial charge in [-0.15, -0.1) is 0 Å². The highest BCUT2D eigenvalue weighted by molar-refractivity contribution is 6.00. The molecule has 0 unspecified atom stereocenters. The average molecular weight is 465 g/mol. The molecule has 35 heavy (non-hydrogen) atoms. The number of aromatic nitrogens is 6. The fourth-order valence-electron chi connectivity index (χ4n) is 4.24. The first kappa shape index (κ1) is 20.8. The number of hydrogen-bond acceptors (Lipinski definition) is 6. The number of aromatic hydroxyl groups is 1. The van der Waals surface area contributed by atoms with E-state index in [9.17, 15) is 9.50 Å². The van der Waals surface area contributed by atoms with Crippen LogP contribution in [0.3, 0.4) is 0 Å². The molecular formula is C26H20FN7O. The van der Waals surface area contributed by atoms with E-state index in [0.29, 0.717) is 16.8 Å². The topological polar surface area (TPSA) is 107 Å². The van der Waals surface area contributed by atoms with Gasteiger partial charge in [-0.3, -0.25) is 15.1 Å². The van der Waals surface area contributed by atoms with E-state index < -0.39 is 5.82 Å². The van der Waals surface area contributed by atoms with Gasteiger partial charge < -0.3 is 15.0 Å². The molecule has 3 N–H and O–H groups in total. The number of H-pyrrole nitrogens is 2. The first-order valence-electron chi connectivity index (χ1n) is 10.9. The summed E-state index contributed by atoms with van der Waals surface area (Å²) in [6.45, 7) is 0. The Hall–Kier alpha value is -4.79. The summed E-state index contributed by atoms with van der Waals surface area (Å²) in [7, 11) is 3.95. The van der Waals surface area contributed by atoms with Crippen LogP contribution in [0.4, 0.5) is 10.1 Å². The number of rotatable bonds is 4. The third kappa shape index (κ3) is 3.63. The minimum Gasteiger partial charge on any atom is -0.508 e. The SMILES string of the molecule is CN(C)c1cncc(-c2cnc3n[nH]c(-c4cc5c(-c6cc(O)cc(F)c6)cncc5[nH]4)c3c2)c1. The van der Waals surface area contributed by atoms with Crippen molar-refractivity contribution in [1.82, 2.24) is 30.1 Å². The van der Waals surface area contributed by atoms with Crippen LogP contribution >= 0.6 is 0 Å². The molecule has 8 nitrogen and oxygen atoms in total.